The molecule has 0 bridgehead atoms. The number of carbonyl (C=O) groups excluding carboxylic acids is 1. The van der Waals surface area contributed by atoms with E-state index in [0.717, 1.165) is 0 Å². The molecule has 5 rings (SSSR count). The maximum atomic E-state index is 15.7. The number of likely N-dealkylation sites (tertiary alicyclic amines) is 1. The number of nitrogens with zero attached hydrogens (tertiary/aromatic N) is 2. The van der Waals surface area contributed by atoms with Gasteiger partial charge in [-0.25, -0.2) is 21.9 Å². The maximum absolute atomic E-state index is 15.7. The second-order valence-corrected chi connectivity index (χ2v) is 11.4. The number of alkyl halides is 1. The number of ether oxygens (including phenoxy) is 1. The number of hydrogen-bond acceptors (Lipinski definition) is 5. The summed E-state index contributed by atoms with van der Waals surface area (Å²) in [5.41, 5.74) is -0.507. The molecular formula is C25H25F2N3O4S. The smallest absolute Gasteiger partial charge is 0.248 e. The molecule has 0 aromatic heterocycles. The van der Waals surface area contributed by atoms with Crippen LogP contribution in [0.2, 0.25) is 0 Å². The van der Waals surface area contributed by atoms with Crippen LogP contribution in [0.15, 0.2) is 48.5 Å². The summed E-state index contributed by atoms with van der Waals surface area (Å²) < 4.78 is 61.0. The van der Waals surface area contributed by atoms with Crippen LogP contribution in [-0.4, -0.2) is 57.1 Å². The summed E-state index contributed by atoms with van der Waals surface area (Å²) in [7, 11) is -4.24. The monoisotopic (exact) mass is 501 g/mol. The van der Waals surface area contributed by atoms with Gasteiger partial charge in [-0.05, 0) is 30.4 Å². The van der Waals surface area contributed by atoms with Crippen LogP contribution >= 0.6 is 0 Å². The highest BCUT2D eigenvalue weighted by molar-refractivity contribution is 7.89. The van der Waals surface area contributed by atoms with E-state index in [1.807, 2.05) is 6.07 Å². The highest BCUT2D eigenvalue weighted by Crippen LogP contribution is 2.56. The van der Waals surface area contributed by atoms with Gasteiger partial charge in [0.15, 0.2) is 5.41 Å². The van der Waals surface area contributed by atoms with Crippen molar-refractivity contribution in [2.75, 3.05) is 25.8 Å². The van der Waals surface area contributed by atoms with Gasteiger partial charge >= 0.3 is 0 Å². The van der Waals surface area contributed by atoms with Crippen molar-refractivity contribution in [3.8, 4) is 17.2 Å². The largest absolute Gasteiger partial charge is 0.377 e. The second-order valence-electron chi connectivity index (χ2n) is 9.72. The number of halogens is 2. The van der Waals surface area contributed by atoms with Gasteiger partial charge in [-0.3, -0.25) is 4.79 Å². The Morgan fingerprint density at radius 1 is 1.17 bits per heavy atom. The van der Waals surface area contributed by atoms with Crippen molar-refractivity contribution >= 4 is 15.9 Å². The van der Waals surface area contributed by atoms with Crippen molar-refractivity contribution in [2.45, 2.75) is 31.3 Å². The van der Waals surface area contributed by atoms with Crippen molar-refractivity contribution in [3.63, 3.8) is 0 Å². The molecule has 184 valence electrons. The van der Waals surface area contributed by atoms with Crippen molar-refractivity contribution in [1.29, 1.82) is 5.26 Å². The normalized spacial score (nSPS) is 24.1. The molecule has 0 radical (unpaired) electrons. The zero-order valence-corrected chi connectivity index (χ0v) is 19.7. The van der Waals surface area contributed by atoms with Crippen molar-refractivity contribution in [1.82, 2.24) is 9.62 Å². The lowest BCUT2D eigenvalue weighted by Crippen LogP contribution is -2.57. The molecule has 3 fully saturated rings. The number of hydrogen-bond donors (Lipinski definition) is 1. The summed E-state index contributed by atoms with van der Waals surface area (Å²) in [6, 6.07) is 12.9. The van der Waals surface area contributed by atoms with Gasteiger partial charge in [0.25, 0.3) is 0 Å². The first-order valence-corrected chi connectivity index (χ1v) is 13.1. The number of amides is 1. The fraction of sp³-hybridized carbons (Fsp3) is 0.440. The molecule has 2 aromatic rings. The van der Waals surface area contributed by atoms with E-state index < -0.39 is 50.7 Å². The van der Waals surface area contributed by atoms with Gasteiger partial charge in [0.2, 0.25) is 21.9 Å². The minimum Gasteiger partial charge on any atom is -0.377 e. The van der Waals surface area contributed by atoms with Crippen LogP contribution in [0.3, 0.4) is 0 Å². The lowest BCUT2D eigenvalue weighted by Gasteiger charge is -2.39. The third-order valence-corrected chi connectivity index (χ3v) is 8.35. The van der Waals surface area contributed by atoms with Crippen LogP contribution in [0, 0.1) is 28.0 Å². The Morgan fingerprint density at radius 3 is 2.46 bits per heavy atom. The summed E-state index contributed by atoms with van der Waals surface area (Å²) >= 11 is 0. The molecule has 2 atom stereocenters. The molecule has 10 heteroatoms. The average Bonchev–Trinajstić information content (AvgIpc) is 3.55. The van der Waals surface area contributed by atoms with Gasteiger partial charge in [-0.1, -0.05) is 48.5 Å². The molecule has 3 aliphatic rings. The van der Waals surface area contributed by atoms with E-state index in [1.165, 1.54) is 4.90 Å². The molecule has 1 amide bonds. The van der Waals surface area contributed by atoms with E-state index in [2.05, 4.69) is 10.8 Å². The van der Waals surface area contributed by atoms with E-state index >= 15 is 4.39 Å². The molecule has 0 unspecified atom stereocenters. The van der Waals surface area contributed by atoms with E-state index in [1.54, 1.807) is 42.5 Å². The quantitative estimate of drug-likeness (QED) is 0.629. The Kier molecular flexibility index (Phi) is 5.90. The van der Waals surface area contributed by atoms with E-state index in [0.29, 0.717) is 29.5 Å². The molecule has 35 heavy (non-hydrogen) atoms. The van der Waals surface area contributed by atoms with Crippen LogP contribution in [0.4, 0.5) is 8.78 Å². The molecule has 2 saturated heterocycles. The maximum Gasteiger partial charge on any atom is 0.248 e. The Labute approximate surface area is 202 Å². The number of benzene rings is 2. The minimum atomic E-state index is -4.24. The van der Waals surface area contributed by atoms with Gasteiger partial charge in [0.1, 0.15) is 5.82 Å². The summed E-state index contributed by atoms with van der Waals surface area (Å²) in [6.07, 6.45) is 1.31. The van der Waals surface area contributed by atoms with Crippen molar-refractivity contribution < 1.29 is 26.7 Å². The molecular weight excluding hydrogens is 476 g/mol. The molecule has 2 aliphatic heterocycles. The number of sulfonamides is 1. The van der Waals surface area contributed by atoms with Gasteiger partial charge < -0.3 is 9.64 Å². The fourth-order valence-electron chi connectivity index (χ4n) is 5.27. The average molecular weight is 502 g/mol. The molecule has 1 spiro atoms. The lowest BCUT2D eigenvalue weighted by molar-refractivity contribution is -0.162. The number of nitrogens with one attached hydrogen (secondary N) is 1. The predicted octanol–water partition coefficient (Wildman–Crippen LogP) is 2.78. The van der Waals surface area contributed by atoms with Gasteiger partial charge in [0, 0.05) is 23.6 Å². The molecule has 1 saturated carbocycles. The summed E-state index contributed by atoms with van der Waals surface area (Å²) in [5.74, 6) is -0.916. The summed E-state index contributed by atoms with van der Waals surface area (Å²) in [6.45, 7) is 0.133. The third kappa shape index (κ3) is 4.11. The van der Waals surface area contributed by atoms with E-state index in [4.69, 9.17) is 4.74 Å². The zero-order valence-electron chi connectivity index (χ0n) is 18.9. The Bertz CT molecular complexity index is 1290. The highest BCUT2D eigenvalue weighted by Gasteiger charge is 2.63. The van der Waals surface area contributed by atoms with Crippen LogP contribution in [0.5, 0.6) is 0 Å². The standard InChI is InChI=1S/C25H25F2N3O4S/c26-16-35(32,33)29-22-20(11-18-7-4-8-19(21(18)27)17-5-2-1-3-6-17)30(13-24(22)9-10-24)23(31)25(12-28)14-34-15-25/h1-8,20,22,29H,9-11,13-16H2/t20-,22+/m0/s1. The molecule has 1 N–H and O–H groups in total. The van der Waals surface area contributed by atoms with E-state index in [9.17, 15) is 22.9 Å². The molecule has 2 aromatic carbocycles. The summed E-state index contributed by atoms with van der Waals surface area (Å²) in [4.78, 5) is 15.0. The first-order chi connectivity index (χ1) is 16.7. The first-order valence-electron chi connectivity index (χ1n) is 11.4. The molecule has 1 aliphatic carbocycles. The highest BCUT2D eigenvalue weighted by atomic mass is 32.2. The number of carbonyl (C=O) groups is 1. The zero-order chi connectivity index (χ0) is 24.8. The van der Waals surface area contributed by atoms with Gasteiger partial charge in [0.05, 0.1) is 25.3 Å². The third-order valence-electron chi connectivity index (χ3n) is 7.45. The Balaban J connectivity index is 1.54. The first kappa shape index (κ1) is 23.9. The number of nitriles is 1. The molecule has 2 heterocycles. The predicted molar refractivity (Wildman–Crippen MR) is 123 cm³/mol. The number of rotatable bonds is 7. The Morgan fingerprint density at radius 2 is 1.89 bits per heavy atom. The lowest BCUT2D eigenvalue weighted by atomic mass is 9.85. The Hall–Kier alpha value is -2.87. The van der Waals surface area contributed by atoms with Gasteiger partial charge in [-0.2, -0.15) is 5.26 Å². The van der Waals surface area contributed by atoms with Gasteiger partial charge in [-0.15, -0.1) is 0 Å². The van der Waals surface area contributed by atoms with Crippen molar-refractivity contribution in [2.24, 2.45) is 10.8 Å². The topological polar surface area (TPSA) is 99.5 Å². The van der Waals surface area contributed by atoms with Crippen LogP contribution in [-0.2, 0) is 26.0 Å². The molecule has 7 nitrogen and oxygen atoms in total. The fourth-order valence-corrected chi connectivity index (χ4v) is 6.13. The van der Waals surface area contributed by atoms with Crippen molar-refractivity contribution in [3.05, 3.63) is 59.9 Å². The van der Waals surface area contributed by atoms with Crippen LogP contribution in [0.1, 0.15) is 18.4 Å². The van der Waals surface area contributed by atoms with Crippen LogP contribution in [0.25, 0.3) is 11.1 Å². The summed E-state index contributed by atoms with van der Waals surface area (Å²) in [5, 5.41) is 9.69. The van der Waals surface area contributed by atoms with E-state index in [-0.39, 0.29) is 26.2 Å². The SMILES string of the molecule is N#CC1(C(=O)N2CC3(CC3)[C@H](NS(=O)(=O)CF)[C@@H]2Cc2cccc(-c3ccccc3)c2F)COC1. The second kappa shape index (κ2) is 8.66. The van der Waals surface area contributed by atoms with Crippen LogP contribution < -0.4 is 4.72 Å². The minimum absolute atomic E-state index is 0.0157.